The third-order valence-electron chi connectivity index (χ3n) is 3.93. The van der Waals surface area contributed by atoms with Gasteiger partial charge in [-0.15, -0.1) is 0 Å². The molecule has 108 valence electrons. The second-order valence-corrected chi connectivity index (χ2v) is 7.48. The maximum Gasteiger partial charge on any atom is 0.151 e. The van der Waals surface area contributed by atoms with Crippen LogP contribution < -0.4 is 5.73 Å². The van der Waals surface area contributed by atoms with Crippen molar-refractivity contribution in [2.75, 3.05) is 18.6 Å². The number of nitrogens with two attached hydrogens (primary N) is 1. The summed E-state index contributed by atoms with van der Waals surface area (Å²) in [5, 5.41) is 0. The van der Waals surface area contributed by atoms with E-state index < -0.39 is 9.84 Å². The van der Waals surface area contributed by atoms with Crippen LogP contribution in [-0.2, 0) is 9.84 Å². The number of rotatable bonds is 5. The maximum atomic E-state index is 11.6. The Morgan fingerprint density at radius 3 is 2.79 bits per heavy atom. The Kier molecular flexibility index (Phi) is 4.32. The van der Waals surface area contributed by atoms with Crippen molar-refractivity contribution >= 4 is 9.84 Å². The van der Waals surface area contributed by atoms with Gasteiger partial charge in [0.15, 0.2) is 9.84 Å². The quantitative estimate of drug-likeness (QED) is 0.879. The standard InChI is InChI=1S/C13H22N2O3S/c1-3-11(14)13(12-5-4-7-18-12)15(2)10-6-8-19(16,17)9-10/h4-5,7,10-11,13H,3,6,8-9,14H2,1-2H3. The molecule has 1 saturated heterocycles. The highest BCUT2D eigenvalue weighted by atomic mass is 32.2. The van der Waals surface area contributed by atoms with Gasteiger partial charge in [0.05, 0.1) is 23.8 Å². The summed E-state index contributed by atoms with van der Waals surface area (Å²) in [4.78, 5) is 2.07. The van der Waals surface area contributed by atoms with E-state index in [1.54, 1.807) is 6.26 Å². The molecule has 19 heavy (non-hydrogen) atoms. The summed E-state index contributed by atoms with van der Waals surface area (Å²) < 4.78 is 28.7. The Hall–Kier alpha value is -0.850. The van der Waals surface area contributed by atoms with E-state index >= 15 is 0 Å². The van der Waals surface area contributed by atoms with E-state index in [0.29, 0.717) is 6.42 Å². The Balaban J connectivity index is 2.19. The average Bonchev–Trinajstić information content (AvgIpc) is 2.98. The minimum Gasteiger partial charge on any atom is -0.468 e. The summed E-state index contributed by atoms with van der Waals surface area (Å²) in [6.45, 7) is 2.03. The molecule has 1 aromatic heterocycles. The zero-order chi connectivity index (χ0) is 14.0. The fourth-order valence-corrected chi connectivity index (χ4v) is 4.51. The predicted octanol–water partition coefficient (Wildman–Crippen LogP) is 1.18. The molecule has 3 atom stereocenters. The first-order valence-electron chi connectivity index (χ1n) is 6.66. The minimum absolute atomic E-state index is 0.0256. The van der Waals surface area contributed by atoms with Crippen LogP contribution in [0.1, 0.15) is 31.6 Å². The Morgan fingerprint density at radius 2 is 2.32 bits per heavy atom. The largest absolute Gasteiger partial charge is 0.468 e. The van der Waals surface area contributed by atoms with Crippen LogP contribution in [0, 0.1) is 0 Å². The lowest BCUT2D eigenvalue weighted by Gasteiger charge is -2.34. The van der Waals surface area contributed by atoms with Gasteiger partial charge in [-0.25, -0.2) is 8.42 Å². The van der Waals surface area contributed by atoms with Gasteiger partial charge in [-0.1, -0.05) is 6.92 Å². The number of hydrogen-bond acceptors (Lipinski definition) is 5. The maximum absolute atomic E-state index is 11.6. The molecule has 1 aliphatic heterocycles. The molecule has 0 amide bonds. The summed E-state index contributed by atoms with van der Waals surface area (Å²) >= 11 is 0. The van der Waals surface area contributed by atoms with Crippen molar-refractivity contribution in [2.24, 2.45) is 5.73 Å². The molecule has 0 saturated carbocycles. The van der Waals surface area contributed by atoms with Crippen LogP contribution in [0.3, 0.4) is 0 Å². The third kappa shape index (κ3) is 3.19. The predicted molar refractivity (Wildman–Crippen MR) is 74.5 cm³/mol. The van der Waals surface area contributed by atoms with Gasteiger partial charge in [-0.2, -0.15) is 0 Å². The van der Waals surface area contributed by atoms with E-state index in [-0.39, 0.29) is 29.6 Å². The molecule has 2 rings (SSSR count). The van der Waals surface area contributed by atoms with Gasteiger partial charge < -0.3 is 10.2 Å². The summed E-state index contributed by atoms with van der Waals surface area (Å²) in [6, 6.07) is 3.62. The molecule has 6 heteroatoms. The van der Waals surface area contributed by atoms with Crippen LogP contribution in [0.4, 0.5) is 0 Å². The smallest absolute Gasteiger partial charge is 0.151 e. The molecular formula is C13H22N2O3S. The second-order valence-electron chi connectivity index (χ2n) is 5.25. The molecule has 1 fully saturated rings. The van der Waals surface area contributed by atoms with Crippen LogP contribution in [-0.4, -0.2) is 44.0 Å². The molecule has 0 bridgehead atoms. The lowest BCUT2D eigenvalue weighted by molar-refractivity contribution is 0.141. The highest BCUT2D eigenvalue weighted by Gasteiger charge is 2.36. The zero-order valence-electron chi connectivity index (χ0n) is 11.5. The summed E-state index contributed by atoms with van der Waals surface area (Å²) in [6.07, 6.45) is 3.12. The molecule has 2 heterocycles. The van der Waals surface area contributed by atoms with Gasteiger partial charge in [0, 0.05) is 12.1 Å². The van der Waals surface area contributed by atoms with Crippen molar-refractivity contribution < 1.29 is 12.8 Å². The van der Waals surface area contributed by atoms with Gasteiger partial charge >= 0.3 is 0 Å². The first-order chi connectivity index (χ1) is 8.94. The van der Waals surface area contributed by atoms with Crippen molar-refractivity contribution in [3.05, 3.63) is 24.2 Å². The zero-order valence-corrected chi connectivity index (χ0v) is 12.3. The number of nitrogens with zero attached hydrogens (tertiary/aromatic N) is 1. The van der Waals surface area contributed by atoms with Crippen molar-refractivity contribution in [3.8, 4) is 0 Å². The second kappa shape index (κ2) is 5.64. The molecule has 0 aromatic carbocycles. The van der Waals surface area contributed by atoms with E-state index in [1.165, 1.54) is 0 Å². The van der Waals surface area contributed by atoms with Gasteiger partial charge in [0.25, 0.3) is 0 Å². The van der Waals surface area contributed by atoms with Gasteiger partial charge in [-0.3, -0.25) is 4.90 Å². The van der Waals surface area contributed by atoms with Crippen molar-refractivity contribution in [1.82, 2.24) is 4.90 Å². The lowest BCUT2D eigenvalue weighted by Crippen LogP contribution is -2.44. The number of hydrogen-bond donors (Lipinski definition) is 1. The number of likely N-dealkylation sites (N-methyl/N-ethyl adjacent to an activating group) is 1. The van der Waals surface area contributed by atoms with E-state index in [4.69, 9.17) is 10.2 Å². The molecule has 1 aromatic rings. The van der Waals surface area contributed by atoms with Crippen molar-refractivity contribution in [1.29, 1.82) is 0 Å². The fourth-order valence-electron chi connectivity index (χ4n) is 2.72. The van der Waals surface area contributed by atoms with Crippen molar-refractivity contribution in [2.45, 2.75) is 37.9 Å². The molecule has 5 nitrogen and oxygen atoms in total. The molecule has 2 N–H and O–H groups in total. The molecule has 3 unspecified atom stereocenters. The summed E-state index contributed by atoms with van der Waals surface area (Å²) in [7, 11) is -0.950. The van der Waals surface area contributed by atoms with Crippen LogP contribution in [0.25, 0.3) is 0 Å². The minimum atomic E-state index is -2.89. The first-order valence-corrected chi connectivity index (χ1v) is 8.48. The van der Waals surface area contributed by atoms with E-state index in [1.807, 2.05) is 26.1 Å². The van der Waals surface area contributed by atoms with Gasteiger partial charge in [0.2, 0.25) is 0 Å². The van der Waals surface area contributed by atoms with E-state index in [2.05, 4.69) is 4.90 Å². The van der Waals surface area contributed by atoms with Crippen LogP contribution in [0.15, 0.2) is 22.8 Å². The Bertz CT molecular complexity index is 498. The van der Waals surface area contributed by atoms with Crippen LogP contribution >= 0.6 is 0 Å². The van der Waals surface area contributed by atoms with E-state index in [0.717, 1.165) is 12.2 Å². The van der Waals surface area contributed by atoms with Gasteiger partial charge in [0.1, 0.15) is 5.76 Å². The number of furan rings is 1. The third-order valence-corrected chi connectivity index (χ3v) is 5.69. The molecule has 1 aliphatic rings. The van der Waals surface area contributed by atoms with E-state index in [9.17, 15) is 8.42 Å². The van der Waals surface area contributed by atoms with Gasteiger partial charge in [-0.05, 0) is 32.0 Å². The van der Waals surface area contributed by atoms with Crippen LogP contribution in [0.5, 0.6) is 0 Å². The molecule has 0 aliphatic carbocycles. The summed E-state index contributed by atoms with van der Waals surface area (Å²) in [5.41, 5.74) is 6.19. The average molecular weight is 286 g/mol. The number of sulfone groups is 1. The Morgan fingerprint density at radius 1 is 1.58 bits per heavy atom. The SMILES string of the molecule is CCC(N)C(c1ccco1)N(C)C1CCS(=O)(=O)C1. The van der Waals surface area contributed by atoms with Crippen LogP contribution in [0.2, 0.25) is 0 Å². The molecule has 0 radical (unpaired) electrons. The summed E-state index contributed by atoms with van der Waals surface area (Å²) in [5.74, 6) is 1.30. The fraction of sp³-hybridized carbons (Fsp3) is 0.692. The normalized spacial score (nSPS) is 25.6. The topological polar surface area (TPSA) is 76.5 Å². The Labute approximate surface area is 114 Å². The highest BCUT2D eigenvalue weighted by Crippen LogP contribution is 2.29. The molecule has 0 spiro atoms. The monoisotopic (exact) mass is 286 g/mol. The molecular weight excluding hydrogens is 264 g/mol. The van der Waals surface area contributed by atoms with Crippen molar-refractivity contribution in [3.63, 3.8) is 0 Å². The lowest BCUT2D eigenvalue weighted by atomic mass is 10.0. The highest BCUT2D eigenvalue weighted by molar-refractivity contribution is 7.91. The first kappa shape index (κ1) is 14.6.